The fourth-order valence-corrected chi connectivity index (χ4v) is 2.40. The molecule has 0 radical (unpaired) electrons. The van der Waals surface area contributed by atoms with Crippen molar-refractivity contribution in [2.24, 2.45) is 11.3 Å². The summed E-state index contributed by atoms with van der Waals surface area (Å²) >= 11 is 0. The van der Waals surface area contributed by atoms with Crippen LogP contribution in [-0.2, 0) is 14.3 Å². The van der Waals surface area contributed by atoms with Gasteiger partial charge in [-0.3, -0.25) is 9.59 Å². The third-order valence-electron chi connectivity index (χ3n) is 3.77. The van der Waals surface area contributed by atoms with Crippen molar-refractivity contribution in [1.82, 2.24) is 0 Å². The molecule has 1 saturated carbocycles. The van der Waals surface area contributed by atoms with Crippen molar-refractivity contribution in [2.75, 3.05) is 7.11 Å². The normalized spacial score (nSPS) is 25.8. The number of Topliss-reactive ketones (excluding diaryl/α,β-unsaturated/α-hetero) is 1. The second kappa shape index (κ2) is 4.77. The highest BCUT2D eigenvalue weighted by molar-refractivity contribution is 5.82. The number of ether oxygens (including phenoxy) is 1. The van der Waals surface area contributed by atoms with E-state index >= 15 is 0 Å². The molecule has 0 heterocycles. The molecule has 0 spiro atoms. The van der Waals surface area contributed by atoms with Crippen LogP contribution in [0.5, 0.6) is 0 Å². The molecule has 3 heteroatoms. The molecule has 2 atom stereocenters. The number of esters is 1. The van der Waals surface area contributed by atoms with Crippen molar-refractivity contribution in [3.05, 3.63) is 0 Å². The zero-order valence-electron chi connectivity index (χ0n) is 9.84. The molecule has 15 heavy (non-hydrogen) atoms. The Kier molecular flexibility index (Phi) is 3.89. The molecule has 0 saturated heterocycles. The molecule has 2 unspecified atom stereocenters. The highest BCUT2D eigenvalue weighted by Crippen LogP contribution is 2.40. The summed E-state index contributed by atoms with van der Waals surface area (Å²) < 4.78 is 4.84. The third-order valence-corrected chi connectivity index (χ3v) is 3.77. The molecule has 0 aliphatic heterocycles. The highest BCUT2D eigenvalue weighted by Gasteiger charge is 2.42. The van der Waals surface area contributed by atoms with Gasteiger partial charge in [-0.1, -0.05) is 6.92 Å². The minimum atomic E-state index is -0.481. The van der Waals surface area contributed by atoms with E-state index in [1.807, 2.05) is 13.8 Å². The first-order valence-corrected chi connectivity index (χ1v) is 5.64. The van der Waals surface area contributed by atoms with Crippen LogP contribution < -0.4 is 0 Å². The van der Waals surface area contributed by atoms with Gasteiger partial charge in [0.25, 0.3) is 0 Å². The van der Waals surface area contributed by atoms with Crippen LogP contribution in [0.25, 0.3) is 0 Å². The van der Waals surface area contributed by atoms with Crippen LogP contribution in [0.4, 0.5) is 0 Å². The van der Waals surface area contributed by atoms with Crippen LogP contribution in [0.2, 0.25) is 0 Å². The summed E-state index contributed by atoms with van der Waals surface area (Å²) in [4.78, 5) is 23.1. The van der Waals surface area contributed by atoms with E-state index in [0.29, 0.717) is 12.8 Å². The summed E-state index contributed by atoms with van der Waals surface area (Å²) in [6, 6.07) is 0. The smallest absolute Gasteiger partial charge is 0.311 e. The largest absolute Gasteiger partial charge is 0.469 e. The molecule has 3 nitrogen and oxygen atoms in total. The average molecular weight is 212 g/mol. The zero-order chi connectivity index (χ0) is 11.5. The molecule has 0 bridgehead atoms. The number of hydrogen-bond donors (Lipinski definition) is 0. The molecule has 1 rings (SSSR count). The van der Waals surface area contributed by atoms with Crippen molar-refractivity contribution in [3.63, 3.8) is 0 Å². The van der Waals surface area contributed by atoms with Gasteiger partial charge in [-0.25, -0.2) is 0 Å². The highest BCUT2D eigenvalue weighted by atomic mass is 16.5. The second-order valence-electron chi connectivity index (χ2n) is 4.59. The van der Waals surface area contributed by atoms with Gasteiger partial charge in [0.05, 0.1) is 12.5 Å². The SMILES string of the molecule is CCC(C)(C(=O)OC)C1CCCC(=O)C1. The maximum Gasteiger partial charge on any atom is 0.311 e. The number of carbonyl (C=O) groups is 2. The van der Waals surface area contributed by atoms with Gasteiger partial charge in [0, 0.05) is 12.8 Å². The minimum Gasteiger partial charge on any atom is -0.469 e. The van der Waals surface area contributed by atoms with Gasteiger partial charge < -0.3 is 4.74 Å². The molecule has 0 aromatic heterocycles. The first-order chi connectivity index (χ1) is 7.04. The number of carbonyl (C=O) groups excluding carboxylic acids is 2. The molecule has 0 aromatic carbocycles. The van der Waals surface area contributed by atoms with E-state index in [-0.39, 0.29) is 17.7 Å². The number of rotatable bonds is 3. The quantitative estimate of drug-likeness (QED) is 0.674. The van der Waals surface area contributed by atoms with Gasteiger partial charge in [-0.2, -0.15) is 0 Å². The van der Waals surface area contributed by atoms with Crippen LogP contribution in [0.1, 0.15) is 46.0 Å². The van der Waals surface area contributed by atoms with Crippen molar-refractivity contribution >= 4 is 11.8 Å². The molecule has 1 fully saturated rings. The predicted molar refractivity (Wildman–Crippen MR) is 57.4 cm³/mol. The average Bonchev–Trinajstić information content (AvgIpc) is 2.26. The number of hydrogen-bond acceptors (Lipinski definition) is 3. The fourth-order valence-electron chi connectivity index (χ4n) is 2.40. The second-order valence-corrected chi connectivity index (χ2v) is 4.59. The summed E-state index contributed by atoms with van der Waals surface area (Å²) in [5.74, 6) is 0.274. The Bertz CT molecular complexity index is 260. The summed E-state index contributed by atoms with van der Waals surface area (Å²) in [5, 5.41) is 0. The molecular weight excluding hydrogens is 192 g/mol. The maximum atomic E-state index is 11.7. The minimum absolute atomic E-state index is 0.163. The summed E-state index contributed by atoms with van der Waals surface area (Å²) in [5.41, 5.74) is -0.481. The van der Waals surface area contributed by atoms with E-state index in [4.69, 9.17) is 4.74 Å². The van der Waals surface area contributed by atoms with E-state index in [2.05, 4.69) is 0 Å². The van der Waals surface area contributed by atoms with Crippen LogP contribution in [-0.4, -0.2) is 18.9 Å². The summed E-state index contributed by atoms with van der Waals surface area (Å²) in [7, 11) is 1.42. The lowest BCUT2D eigenvalue weighted by atomic mass is 9.68. The van der Waals surface area contributed by atoms with Crippen LogP contribution >= 0.6 is 0 Å². The maximum absolute atomic E-state index is 11.7. The molecule has 1 aliphatic carbocycles. The molecule has 1 aliphatic rings. The first-order valence-electron chi connectivity index (χ1n) is 5.64. The van der Waals surface area contributed by atoms with Crippen molar-refractivity contribution in [3.8, 4) is 0 Å². The zero-order valence-corrected chi connectivity index (χ0v) is 9.84. The fraction of sp³-hybridized carbons (Fsp3) is 0.833. The molecule has 86 valence electrons. The van der Waals surface area contributed by atoms with Gasteiger partial charge in [0.2, 0.25) is 0 Å². The van der Waals surface area contributed by atoms with Crippen LogP contribution in [0.3, 0.4) is 0 Å². The van der Waals surface area contributed by atoms with Gasteiger partial charge in [-0.15, -0.1) is 0 Å². The van der Waals surface area contributed by atoms with E-state index in [9.17, 15) is 9.59 Å². The Morgan fingerprint density at radius 2 is 2.27 bits per heavy atom. The lowest BCUT2D eigenvalue weighted by Gasteiger charge is -2.36. The Morgan fingerprint density at radius 3 is 2.73 bits per heavy atom. The molecule has 0 aromatic rings. The van der Waals surface area contributed by atoms with Crippen molar-refractivity contribution in [2.45, 2.75) is 46.0 Å². The van der Waals surface area contributed by atoms with Gasteiger partial charge in [0.15, 0.2) is 0 Å². The third kappa shape index (κ3) is 2.39. The number of ketones is 1. The molecule has 0 amide bonds. The van der Waals surface area contributed by atoms with Crippen LogP contribution in [0, 0.1) is 11.3 Å². The van der Waals surface area contributed by atoms with E-state index in [1.54, 1.807) is 0 Å². The van der Waals surface area contributed by atoms with Gasteiger partial charge in [0.1, 0.15) is 5.78 Å². The lowest BCUT2D eigenvalue weighted by molar-refractivity contribution is -0.156. The van der Waals surface area contributed by atoms with E-state index in [1.165, 1.54) is 7.11 Å². The Labute approximate surface area is 91.2 Å². The summed E-state index contributed by atoms with van der Waals surface area (Å²) in [6.45, 7) is 3.90. The lowest BCUT2D eigenvalue weighted by Crippen LogP contribution is -2.39. The molecular formula is C12H20O3. The molecule has 0 N–H and O–H groups in total. The van der Waals surface area contributed by atoms with Gasteiger partial charge in [-0.05, 0) is 32.1 Å². The van der Waals surface area contributed by atoms with Crippen LogP contribution in [0.15, 0.2) is 0 Å². The first kappa shape index (κ1) is 12.2. The summed E-state index contributed by atoms with van der Waals surface area (Å²) in [6.07, 6.45) is 3.83. The Hall–Kier alpha value is -0.860. The van der Waals surface area contributed by atoms with E-state index < -0.39 is 5.41 Å². The Balaban J connectivity index is 2.80. The number of methoxy groups -OCH3 is 1. The predicted octanol–water partition coefficient (Wildman–Crippen LogP) is 2.33. The van der Waals surface area contributed by atoms with Crippen molar-refractivity contribution < 1.29 is 14.3 Å². The topological polar surface area (TPSA) is 43.4 Å². The van der Waals surface area contributed by atoms with E-state index in [0.717, 1.165) is 19.3 Å². The standard InChI is InChI=1S/C12H20O3/c1-4-12(2,11(14)15-3)9-6-5-7-10(13)8-9/h9H,4-8H2,1-3H3. The monoisotopic (exact) mass is 212 g/mol. The Morgan fingerprint density at radius 1 is 1.60 bits per heavy atom. The van der Waals surface area contributed by atoms with Crippen molar-refractivity contribution in [1.29, 1.82) is 0 Å². The van der Waals surface area contributed by atoms with Gasteiger partial charge >= 0.3 is 5.97 Å².